The van der Waals surface area contributed by atoms with E-state index in [4.69, 9.17) is 4.52 Å². The summed E-state index contributed by atoms with van der Waals surface area (Å²) in [5.41, 5.74) is 0.516. The molecule has 17 heavy (non-hydrogen) atoms. The van der Waals surface area contributed by atoms with Gasteiger partial charge in [-0.15, -0.1) is 0 Å². The topological polar surface area (TPSA) is 83.8 Å². The van der Waals surface area contributed by atoms with Crippen molar-refractivity contribution >= 4 is 0 Å². The van der Waals surface area contributed by atoms with Crippen LogP contribution < -0.4 is 10.9 Å². The Kier molecular flexibility index (Phi) is 2.49. The van der Waals surface area contributed by atoms with E-state index in [0.717, 1.165) is 25.1 Å². The van der Waals surface area contributed by atoms with Gasteiger partial charge in [0.05, 0.1) is 6.04 Å². The predicted molar refractivity (Wildman–Crippen MR) is 60.3 cm³/mol. The molecular formula is C11H12N4O2. The van der Waals surface area contributed by atoms with Crippen molar-refractivity contribution in [1.29, 1.82) is 0 Å². The average Bonchev–Trinajstić information content (AvgIpc) is 3.00. The van der Waals surface area contributed by atoms with Crippen LogP contribution in [0.5, 0.6) is 0 Å². The van der Waals surface area contributed by atoms with Crippen LogP contribution in [0.1, 0.15) is 24.6 Å². The predicted octanol–water partition coefficient (Wildman–Crippen LogP) is 0.849. The number of H-pyrrole nitrogens is 1. The summed E-state index contributed by atoms with van der Waals surface area (Å²) in [5, 5.41) is 7.21. The van der Waals surface area contributed by atoms with E-state index in [2.05, 4.69) is 20.4 Å². The number of aromatic amines is 1. The van der Waals surface area contributed by atoms with Crippen molar-refractivity contribution < 1.29 is 4.52 Å². The Balaban J connectivity index is 1.95. The molecule has 0 radical (unpaired) electrons. The monoisotopic (exact) mass is 232 g/mol. The molecule has 0 spiro atoms. The molecular weight excluding hydrogens is 220 g/mol. The van der Waals surface area contributed by atoms with Gasteiger partial charge in [0.2, 0.25) is 0 Å². The van der Waals surface area contributed by atoms with Crippen molar-refractivity contribution in [3.63, 3.8) is 0 Å². The average molecular weight is 232 g/mol. The standard InChI is InChI=1S/C11H12N4O2/c16-11-10(13-4-5-14-11)8-6-9(17-15-8)7-2-1-3-12-7/h4-7,12H,1-3H2,(H,14,16). The lowest BCUT2D eigenvalue weighted by atomic mass is 10.1. The lowest BCUT2D eigenvalue weighted by Gasteiger charge is -2.02. The third kappa shape index (κ3) is 1.87. The fourth-order valence-electron chi connectivity index (χ4n) is 2.03. The fourth-order valence-corrected chi connectivity index (χ4v) is 2.03. The summed E-state index contributed by atoms with van der Waals surface area (Å²) >= 11 is 0. The summed E-state index contributed by atoms with van der Waals surface area (Å²) in [7, 11) is 0. The summed E-state index contributed by atoms with van der Waals surface area (Å²) in [6, 6.07) is 1.99. The Morgan fingerprint density at radius 3 is 3.18 bits per heavy atom. The van der Waals surface area contributed by atoms with E-state index in [9.17, 15) is 4.79 Å². The molecule has 1 saturated heterocycles. The Labute approximate surface area is 97.1 Å². The molecule has 6 heteroatoms. The molecule has 0 bridgehead atoms. The van der Waals surface area contributed by atoms with E-state index in [-0.39, 0.29) is 11.6 Å². The van der Waals surface area contributed by atoms with Crippen molar-refractivity contribution in [1.82, 2.24) is 20.4 Å². The summed E-state index contributed by atoms with van der Waals surface area (Å²) in [4.78, 5) is 18.1. The summed E-state index contributed by atoms with van der Waals surface area (Å²) in [6.07, 6.45) is 5.18. The van der Waals surface area contributed by atoms with Crippen LogP contribution >= 0.6 is 0 Å². The highest BCUT2D eigenvalue weighted by molar-refractivity contribution is 5.52. The molecule has 1 unspecified atom stereocenters. The highest BCUT2D eigenvalue weighted by atomic mass is 16.5. The first-order valence-corrected chi connectivity index (χ1v) is 5.58. The second-order valence-electron chi connectivity index (χ2n) is 4.03. The minimum atomic E-state index is -0.258. The first-order valence-electron chi connectivity index (χ1n) is 5.58. The maximum absolute atomic E-state index is 11.5. The highest BCUT2D eigenvalue weighted by Gasteiger charge is 2.21. The lowest BCUT2D eigenvalue weighted by molar-refractivity contribution is 0.353. The van der Waals surface area contributed by atoms with Crippen molar-refractivity contribution in [3.8, 4) is 11.4 Å². The zero-order valence-corrected chi connectivity index (χ0v) is 9.14. The fraction of sp³-hybridized carbons (Fsp3) is 0.364. The van der Waals surface area contributed by atoms with Gasteiger partial charge in [0.15, 0.2) is 11.5 Å². The minimum absolute atomic E-state index is 0.207. The van der Waals surface area contributed by atoms with Gasteiger partial charge in [-0.2, -0.15) is 0 Å². The van der Waals surface area contributed by atoms with E-state index >= 15 is 0 Å². The SMILES string of the molecule is O=c1[nH]ccnc1-c1cc(C2CCCN2)on1. The van der Waals surface area contributed by atoms with Crippen LogP contribution in [0.3, 0.4) is 0 Å². The number of hydrogen-bond donors (Lipinski definition) is 2. The van der Waals surface area contributed by atoms with Crippen LogP contribution in [-0.4, -0.2) is 21.7 Å². The largest absolute Gasteiger partial charge is 0.359 e. The van der Waals surface area contributed by atoms with Gasteiger partial charge in [0.1, 0.15) is 5.69 Å². The molecule has 1 fully saturated rings. The van der Waals surface area contributed by atoms with Crippen molar-refractivity contribution in [2.24, 2.45) is 0 Å². The molecule has 1 aliphatic heterocycles. The minimum Gasteiger partial charge on any atom is -0.359 e. The molecule has 2 aromatic heterocycles. The molecule has 3 rings (SSSR count). The van der Waals surface area contributed by atoms with E-state index in [1.807, 2.05) is 0 Å². The van der Waals surface area contributed by atoms with Crippen molar-refractivity contribution in [2.75, 3.05) is 6.54 Å². The number of rotatable bonds is 2. The van der Waals surface area contributed by atoms with Crippen molar-refractivity contribution in [2.45, 2.75) is 18.9 Å². The maximum atomic E-state index is 11.5. The Bertz CT molecular complexity index is 569. The second kappa shape index (κ2) is 4.14. The van der Waals surface area contributed by atoms with Gasteiger partial charge >= 0.3 is 0 Å². The van der Waals surface area contributed by atoms with Gasteiger partial charge in [0, 0.05) is 18.5 Å². The Hall–Kier alpha value is -1.95. The third-order valence-electron chi connectivity index (χ3n) is 2.88. The summed E-state index contributed by atoms with van der Waals surface area (Å²) < 4.78 is 5.25. The summed E-state index contributed by atoms with van der Waals surface area (Å²) in [5.74, 6) is 0.766. The second-order valence-corrected chi connectivity index (χ2v) is 4.03. The number of nitrogens with zero attached hydrogens (tertiary/aromatic N) is 2. The van der Waals surface area contributed by atoms with Crippen LogP contribution in [0.2, 0.25) is 0 Å². The molecule has 2 aromatic rings. The van der Waals surface area contributed by atoms with Gasteiger partial charge < -0.3 is 14.8 Å². The number of hydrogen-bond acceptors (Lipinski definition) is 5. The smallest absolute Gasteiger partial charge is 0.276 e. The van der Waals surface area contributed by atoms with Crippen LogP contribution in [0.15, 0.2) is 27.8 Å². The molecule has 6 nitrogen and oxygen atoms in total. The molecule has 0 amide bonds. The Morgan fingerprint density at radius 1 is 1.47 bits per heavy atom. The van der Waals surface area contributed by atoms with Crippen LogP contribution in [0.4, 0.5) is 0 Å². The van der Waals surface area contributed by atoms with Gasteiger partial charge in [0.25, 0.3) is 5.56 Å². The molecule has 2 N–H and O–H groups in total. The molecule has 0 aromatic carbocycles. The molecule has 0 saturated carbocycles. The molecule has 0 aliphatic carbocycles. The zero-order chi connectivity index (χ0) is 11.7. The molecule has 3 heterocycles. The van der Waals surface area contributed by atoms with Gasteiger partial charge in [-0.25, -0.2) is 4.98 Å². The maximum Gasteiger partial charge on any atom is 0.276 e. The first kappa shape index (κ1) is 10.2. The van der Waals surface area contributed by atoms with Gasteiger partial charge in [-0.05, 0) is 19.4 Å². The van der Waals surface area contributed by atoms with Crippen molar-refractivity contribution in [3.05, 3.63) is 34.6 Å². The Morgan fingerprint density at radius 2 is 2.41 bits per heavy atom. The molecule has 1 aliphatic rings. The van der Waals surface area contributed by atoms with E-state index in [1.54, 1.807) is 6.07 Å². The highest BCUT2D eigenvalue weighted by Crippen LogP contribution is 2.25. The molecule has 1 atom stereocenters. The number of nitrogens with one attached hydrogen (secondary N) is 2. The van der Waals surface area contributed by atoms with Crippen LogP contribution in [0, 0.1) is 0 Å². The van der Waals surface area contributed by atoms with Crippen LogP contribution in [0.25, 0.3) is 11.4 Å². The van der Waals surface area contributed by atoms with Gasteiger partial charge in [-0.1, -0.05) is 5.16 Å². The summed E-state index contributed by atoms with van der Waals surface area (Å²) in [6.45, 7) is 0.991. The third-order valence-corrected chi connectivity index (χ3v) is 2.88. The lowest BCUT2D eigenvalue weighted by Crippen LogP contribution is -2.12. The van der Waals surface area contributed by atoms with E-state index in [1.165, 1.54) is 12.4 Å². The molecule has 88 valence electrons. The van der Waals surface area contributed by atoms with Gasteiger partial charge in [-0.3, -0.25) is 4.79 Å². The first-order chi connectivity index (χ1) is 8.34. The normalized spacial score (nSPS) is 19.6. The van der Waals surface area contributed by atoms with E-state index in [0.29, 0.717) is 11.4 Å². The van der Waals surface area contributed by atoms with Crippen LogP contribution in [-0.2, 0) is 0 Å². The number of aromatic nitrogens is 3. The van der Waals surface area contributed by atoms with E-state index < -0.39 is 0 Å². The zero-order valence-electron chi connectivity index (χ0n) is 9.14. The quantitative estimate of drug-likeness (QED) is 0.801.